The number of rotatable bonds is 36. The van der Waals surface area contributed by atoms with Gasteiger partial charge in [-0.15, -0.1) is 22.6 Å². The topological polar surface area (TPSA) is 380 Å². The first-order valence-electron chi connectivity index (χ1n) is 48.9. The zero-order valence-electron chi connectivity index (χ0n) is 81.2. The Kier molecular flexibility index (Phi) is 27.0. The number of ether oxygens (including phenoxy) is 6. The summed E-state index contributed by atoms with van der Waals surface area (Å²) in [6, 6.07) is 46.2. The first-order valence-corrected chi connectivity index (χ1v) is 60.4. The molecule has 35 nitrogen and oxygen atoms in total. The molecule has 20 heterocycles. The number of aromatic nitrogens is 6. The number of fused-ring (bicyclic) bond motifs is 22. The Morgan fingerprint density at radius 3 is 1.08 bits per heavy atom. The molecule has 0 radical (unpaired) electrons. The van der Waals surface area contributed by atoms with Gasteiger partial charge in [-0.25, -0.2) is 25.4 Å². The van der Waals surface area contributed by atoms with Gasteiger partial charge in [0, 0.05) is 102 Å². The van der Waals surface area contributed by atoms with E-state index in [1.54, 1.807) is 159 Å². The third-order valence-electron chi connectivity index (χ3n) is 32.9. The number of amides is 8. The summed E-state index contributed by atoms with van der Waals surface area (Å²) in [6.07, 6.45) is 5.69. The highest BCUT2D eigenvalue weighted by molar-refractivity contribution is 8.79. The second-order valence-corrected chi connectivity index (χ2v) is 55.0. The average Bonchev–Trinajstić information content (AvgIpc) is 1.44. The summed E-state index contributed by atoms with van der Waals surface area (Å²) in [5.74, 6) is -1.95. The van der Waals surface area contributed by atoms with E-state index >= 15 is 55.2 Å². The lowest BCUT2D eigenvalue weighted by Crippen LogP contribution is -3.00. The van der Waals surface area contributed by atoms with Crippen molar-refractivity contribution in [2.75, 3.05) is 108 Å². The van der Waals surface area contributed by atoms with Crippen molar-refractivity contribution in [3.05, 3.63) is 215 Å². The quantitative estimate of drug-likeness (QED) is 0.0294. The summed E-state index contributed by atoms with van der Waals surface area (Å²) in [4.78, 5) is 127. The summed E-state index contributed by atoms with van der Waals surface area (Å²) in [5.41, 5.74) is 7.71. The van der Waals surface area contributed by atoms with E-state index in [0.29, 0.717) is 152 Å². The van der Waals surface area contributed by atoms with Gasteiger partial charge in [-0.2, -0.15) is 0 Å². The lowest BCUT2D eigenvalue weighted by Gasteiger charge is -2.59. The van der Waals surface area contributed by atoms with Gasteiger partial charge in [0.25, 0.3) is 67.3 Å². The van der Waals surface area contributed by atoms with E-state index in [1.807, 2.05) is 76.8 Å². The molecule has 16 atom stereocenters. The number of halogens is 2. The summed E-state index contributed by atoms with van der Waals surface area (Å²) >= 11 is 0. The van der Waals surface area contributed by atoms with Crippen LogP contribution >= 0.6 is 98.8 Å². The van der Waals surface area contributed by atoms with E-state index in [1.165, 1.54) is 95.0 Å². The number of nitrogens with zero attached hydrogens (tertiary/aromatic N) is 16. The van der Waals surface area contributed by atoms with Crippen LogP contribution in [-0.2, 0) is 148 Å². The van der Waals surface area contributed by atoms with Crippen LogP contribution < -0.4 is 26.8 Å². The van der Waals surface area contributed by atoms with Crippen LogP contribution in [-0.4, -0.2) is 296 Å². The molecule has 0 unspecified atom stereocenters. The zero-order chi connectivity index (χ0) is 100. The average molecular weight is 2220 g/mol. The lowest BCUT2D eigenvalue weighted by atomic mass is 9.53. The van der Waals surface area contributed by atoms with Crippen LogP contribution in [0.2, 0.25) is 0 Å². The number of carbonyl (C=O) groups excluding carboxylic acids is 8. The minimum atomic E-state index is -4.46. The molecule has 2 N–H and O–H groups in total. The predicted molar refractivity (Wildman–Crippen MR) is 555 cm³/mol. The molecule has 47 heteroatoms. The third kappa shape index (κ3) is 14.3. The van der Waals surface area contributed by atoms with Crippen LogP contribution in [0.5, 0.6) is 0 Å². The molecule has 2 aromatic heterocycles. The van der Waals surface area contributed by atoms with Crippen LogP contribution in [0, 0.1) is 0 Å². The molecule has 18 aliphatic heterocycles. The number of nitrogens with two attached hydrogens (primary N) is 1. The van der Waals surface area contributed by atoms with Crippen LogP contribution in [0.1, 0.15) is 137 Å². The molecule has 16 fully saturated rings. The van der Waals surface area contributed by atoms with Crippen molar-refractivity contribution >= 4 is 177 Å². The minimum absolute atomic E-state index is 0. The Bertz CT molecular complexity index is 6430. The number of likely N-dealkylation sites (N-methyl/N-ethyl adjacent to an activating group) is 2. The molecule has 8 aromatic rings. The molecular weight excluding hydrogens is 2110 g/mol. The molecule has 8 bridgehead atoms. The summed E-state index contributed by atoms with van der Waals surface area (Å²) < 4.78 is 103. The molecule has 2 aliphatic carbocycles. The number of hydrogen-bond donors (Lipinski definition) is 1. The van der Waals surface area contributed by atoms with Gasteiger partial charge < -0.3 is 76.0 Å². The number of hydrogen-bond acceptors (Lipinski definition) is 31. The van der Waals surface area contributed by atoms with E-state index in [-0.39, 0.29) is 134 Å². The van der Waals surface area contributed by atoms with E-state index in [2.05, 4.69) is 51.8 Å². The van der Waals surface area contributed by atoms with Crippen molar-refractivity contribution in [2.45, 2.75) is 226 Å². The number of unbranched alkanes of at least 4 members (excludes halogenated alkanes) is 2. The van der Waals surface area contributed by atoms with Gasteiger partial charge in [-0.1, -0.05) is 225 Å². The predicted octanol–water partition coefficient (Wildman–Crippen LogP) is 7.47. The second-order valence-electron chi connectivity index (χ2n) is 40.1. The molecule has 28 rings (SSSR count). The number of aryl methyl sites for hydroxylation is 2. The van der Waals surface area contributed by atoms with Gasteiger partial charge >= 0.3 is 0 Å². The SMILES string of the molecule is CCCOCCOCCOCc1cn(CCCCN2C(=O)[C@@]34C[C@]5([C@]67C[C@@]89SS[C@@](C)(C(=O)N8[C@H]6Cc6ccccc67)N(C)C9=O)c6ccccc6N(S(=O)(=O)c6ccccc6)[C@@H]5N3C(=O)[C@]2(C)SS4)nn1.CN1C(=O)[C@@]23C[C@]4([C@]56C[C@@]78SS[C@@](C)(C(=O)N7[C@H]5N(S(=O)(=O)c5ccccc5)c5ccccc56)N(CCCCn5cc(COCCOCCOCCN)nn5)C8=O)c5ccccc5C[C@@H]4N2C(=O)[C@]1(C)SS3.Cl.[Cl-]. The Morgan fingerprint density at radius 2 is 0.692 bits per heavy atom. The van der Waals surface area contributed by atoms with Gasteiger partial charge in [0.1, 0.15) is 23.7 Å². The standard InChI is InChI=1S/C50H56N8O9S5.C49H55N9O9S5.2ClH/c1-5-23-65-24-25-66-26-27-67-30-34-29-54(52-51-34)21-13-14-22-55-44(62)50-32-48(47-31-49-43(61)53(4)45(2,68-70-49)41(59)56(49)39(47)28-33-15-9-10-18-36(33)47)37-19-11-12-20-38(37)58(72(63,64)35-16-7-6-8-17-35)40(48)57(50)42(60)46(55,3)69-71-50;1-44-40(59)56-38-27-32-13-7-8-16-35(32)46(38,30-48(56,70-68-44)42(61)53(44)3)47-31-49-43(62)55(21-12-11-20-54-28-33(51-52-54)29-67-26-25-66-24-23-65-22-19-50)45(2,69-71-49)41(60)57(49)39(47)58(37-18-10-9-17-36(37)47)72(63,64)34-14-5-4-6-15-34;;/h6-12,15-20,29,39-40H,5,13-14,21-28,30-32H2,1-4H3;4-10,13-18,28,38-39H,11-12,19-27,29-31,50H2,1-3H3;2*1H/p-1/t39-,40-,45-,46-,47-,48-,49-,50-;38-,39-,44-,45-,46-,47-,48-,49-;;/m00../s1. The molecule has 8 amide bonds. The lowest BCUT2D eigenvalue weighted by molar-refractivity contribution is -0.165. The van der Waals surface area contributed by atoms with Gasteiger partial charge in [0.15, 0.2) is 39.0 Å². The molecule has 16 saturated heterocycles. The largest absolute Gasteiger partial charge is 1.00 e. The molecule has 6 aromatic carbocycles. The van der Waals surface area contributed by atoms with Crippen molar-refractivity contribution < 1.29 is 96.0 Å². The Balaban J connectivity index is 0.000000169. The Labute approximate surface area is 890 Å². The van der Waals surface area contributed by atoms with Crippen LogP contribution in [0.4, 0.5) is 11.4 Å². The highest BCUT2D eigenvalue weighted by atomic mass is 35.5. The summed E-state index contributed by atoms with van der Waals surface area (Å²) in [7, 11) is 5.47. The molecule has 4 spiro atoms. The fraction of sp³-hybridized carbons (Fsp3) is 0.515. The third-order valence-corrected chi connectivity index (χ3v) is 51.1. The van der Waals surface area contributed by atoms with E-state index in [0.717, 1.165) is 35.3 Å². The zero-order valence-corrected chi connectivity index (χ0v) is 91.0. The fourth-order valence-corrected chi connectivity index (χ4v) is 43.8. The number of carbonyl (C=O) groups is 8. The molecular formula is C99H112Cl2N17O18S10-. The first kappa shape index (κ1) is 104. The van der Waals surface area contributed by atoms with Crippen molar-refractivity contribution in [2.24, 2.45) is 5.73 Å². The van der Waals surface area contributed by atoms with Crippen LogP contribution in [0.3, 0.4) is 0 Å². The van der Waals surface area contributed by atoms with Crippen molar-refractivity contribution in [1.29, 1.82) is 0 Å². The molecule has 0 saturated carbocycles. The second kappa shape index (κ2) is 38.0. The Hall–Kier alpha value is -8.04. The number of para-hydroxylation sites is 2. The van der Waals surface area contributed by atoms with E-state index < -0.39 is 105 Å². The van der Waals surface area contributed by atoms with Crippen molar-refractivity contribution in [1.82, 2.24) is 69.2 Å². The van der Waals surface area contributed by atoms with Gasteiger partial charge in [-0.05, 0) is 142 Å². The van der Waals surface area contributed by atoms with Gasteiger partial charge in [-0.3, -0.25) is 57.5 Å². The Morgan fingerprint density at radius 1 is 0.370 bits per heavy atom. The maximum atomic E-state index is 16.1. The van der Waals surface area contributed by atoms with Crippen molar-refractivity contribution in [3.63, 3.8) is 0 Å². The summed E-state index contributed by atoms with van der Waals surface area (Å²) in [6.45, 7) is 16.7. The van der Waals surface area contributed by atoms with Crippen LogP contribution in [0.25, 0.3) is 0 Å². The monoisotopic (exact) mass is 2220 g/mol. The van der Waals surface area contributed by atoms with Crippen LogP contribution in [0.15, 0.2) is 180 Å². The number of sulfonamides is 2. The maximum absolute atomic E-state index is 16.1. The van der Waals surface area contributed by atoms with E-state index in [9.17, 15) is 0 Å². The highest BCUT2D eigenvalue weighted by Gasteiger charge is 2.92. The first-order chi connectivity index (χ1) is 69.3. The maximum Gasteiger partial charge on any atom is 0.266 e. The molecule has 776 valence electrons. The van der Waals surface area contributed by atoms with E-state index in [4.69, 9.17) is 34.2 Å². The summed E-state index contributed by atoms with van der Waals surface area (Å²) in [5, 5.41) is 17.2. The van der Waals surface area contributed by atoms with Crippen molar-refractivity contribution in [3.8, 4) is 0 Å². The number of anilines is 2. The molecule has 146 heavy (non-hydrogen) atoms. The van der Waals surface area contributed by atoms with Gasteiger partial charge in [0.05, 0.1) is 117 Å². The van der Waals surface area contributed by atoms with Gasteiger partial charge in [0.2, 0.25) is 0 Å². The smallest absolute Gasteiger partial charge is 0.266 e. The minimum Gasteiger partial charge on any atom is -1.00 e. The number of benzene rings is 6. The normalized spacial score (nSPS) is 32.2. The highest BCUT2D eigenvalue weighted by Crippen LogP contribution is 2.83. The number of piperazine rings is 4. The fourth-order valence-electron chi connectivity index (χ4n) is 26.4. The molecule has 20 aliphatic rings.